The zero-order valence-electron chi connectivity index (χ0n) is 7.49. The van der Waals surface area contributed by atoms with E-state index >= 15 is 0 Å². The fourth-order valence-electron chi connectivity index (χ4n) is 0.601. The van der Waals surface area contributed by atoms with Gasteiger partial charge in [-0.25, -0.2) is 4.79 Å². The molecule has 0 radical (unpaired) electrons. The van der Waals surface area contributed by atoms with E-state index in [-0.39, 0.29) is 5.97 Å². The standard InChI is InChI=1S/C7H7NO2.Cl4Se/c1-10-7(9)6-3-2-4-8-5-6;1-5(2,3)4/h2-5H,1H3;. The zero-order chi connectivity index (χ0) is 11.9. The van der Waals surface area contributed by atoms with E-state index in [1.165, 1.54) is 13.3 Å². The van der Waals surface area contributed by atoms with Crippen molar-refractivity contribution in [1.82, 2.24) is 4.98 Å². The molecule has 3 nitrogen and oxygen atoms in total. The van der Waals surface area contributed by atoms with Gasteiger partial charge in [0.25, 0.3) is 0 Å². The van der Waals surface area contributed by atoms with Crippen molar-refractivity contribution in [3.63, 3.8) is 0 Å². The number of rotatable bonds is 1. The Morgan fingerprint density at radius 3 is 2.27 bits per heavy atom. The first kappa shape index (κ1) is 15.3. The Kier molecular flexibility index (Phi) is 7.70. The summed E-state index contributed by atoms with van der Waals surface area (Å²) in [5.74, 6) is -0.354. The van der Waals surface area contributed by atoms with Gasteiger partial charge < -0.3 is 4.74 Å². The van der Waals surface area contributed by atoms with Crippen LogP contribution < -0.4 is 0 Å². The number of methoxy groups -OCH3 is 1. The average molecular weight is 358 g/mol. The molecular formula is C7H7Cl4NO2Se. The third-order valence-electron chi connectivity index (χ3n) is 1.08. The van der Waals surface area contributed by atoms with E-state index < -0.39 is 9.20 Å². The van der Waals surface area contributed by atoms with Gasteiger partial charge in [0.15, 0.2) is 0 Å². The van der Waals surface area contributed by atoms with Gasteiger partial charge in [0.05, 0.1) is 12.7 Å². The molecule has 0 fully saturated rings. The van der Waals surface area contributed by atoms with Crippen molar-refractivity contribution >= 4 is 55.6 Å². The first-order chi connectivity index (χ1) is 6.84. The summed E-state index contributed by atoms with van der Waals surface area (Å²) in [6.45, 7) is 0. The number of aromatic nitrogens is 1. The maximum absolute atomic E-state index is 10.8. The minimum absolute atomic E-state index is 0.354. The van der Waals surface area contributed by atoms with Gasteiger partial charge in [0.1, 0.15) is 0 Å². The number of ether oxygens (including phenoxy) is 1. The van der Waals surface area contributed by atoms with Crippen LogP contribution in [0.25, 0.3) is 0 Å². The van der Waals surface area contributed by atoms with Crippen LogP contribution in [0, 0.1) is 0 Å². The normalized spacial score (nSPS) is 11.0. The monoisotopic (exact) mass is 357 g/mol. The first-order valence-corrected chi connectivity index (χ1v) is 12.4. The second-order valence-electron chi connectivity index (χ2n) is 2.08. The van der Waals surface area contributed by atoms with Crippen LogP contribution in [-0.4, -0.2) is 27.3 Å². The molecule has 86 valence electrons. The zero-order valence-corrected chi connectivity index (χ0v) is 12.2. The van der Waals surface area contributed by atoms with Gasteiger partial charge in [0.2, 0.25) is 0 Å². The topological polar surface area (TPSA) is 39.2 Å². The molecule has 8 heteroatoms. The van der Waals surface area contributed by atoms with E-state index in [0.29, 0.717) is 5.56 Å². The van der Waals surface area contributed by atoms with E-state index in [4.69, 9.17) is 40.4 Å². The molecule has 15 heavy (non-hydrogen) atoms. The average Bonchev–Trinajstić information content (AvgIpc) is 2.15. The Bertz CT molecular complexity index is 298. The summed E-state index contributed by atoms with van der Waals surface area (Å²) in [6, 6.07) is 3.34. The number of esters is 1. The molecule has 0 N–H and O–H groups in total. The minimum atomic E-state index is -2.86. The fourth-order valence-corrected chi connectivity index (χ4v) is 0.601. The third-order valence-corrected chi connectivity index (χ3v) is 1.08. The molecule has 1 rings (SSSR count). The van der Waals surface area contributed by atoms with Crippen molar-refractivity contribution in [3.05, 3.63) is 30.1 Å². The van der Waals surface area contributed by atoms with Crippen LogP contribution in [0.3, 0.4) is 0 Å². The van der Waals surface area contributed by atoms with E-state index in [2.05, 4.69) is 9.72 Å². The molecule has 0 aliphatic heterocycles. The molecule has 0 atom stereocenters. The van der Waals surface area contributed by atoms with Crippen molar-refractivity contribution in [2.45, 2.75) is 0 Å². The molecule has 1 heterocycles. The van der Waals surface area contributed by atoms with Crippen molar-refractivity contribution in [3.8, 4) is 0 Å². The van der Waals surface area contributed by atoms with Crippen LogP contribution in [0.15, 0.2) is 24.5 Å². The Morgan fingerprint density at radius 1 is 1.40 bits per heavy atom. The van der Waals surface area contributed by atoms with Crippen LogP contribution in [0.2, 0.25) is 0 Å². The number of carbonyl (C=O) groups is 1. The second kappa shape index (κ2) is 7.55. The summed E-state index contributed by atoms with van der Waals surface area (Å²) in [5, 5.41) is 0. The van der Waals surface area contributed by atoms with Crippen molar-refractivity contribution in [2.24, 2.45) is 0 Å². The number of hydrogen-bond acceptors (Lipinski definition) is 3. The third kappa shape index (κ3) is 10.6. The Labute approximate surface area is 107 Å². The molecule has 0 unspecified atom stereocenters. The van der Waals surface area contributed by atoms with Crippen molar-refractivity contribution in [2.75, 3.05) is 7.11 Å². The Hall–Kier alpha value is 0.299. The summed E-state index contributed by atoms with van der Waals surface area (Å²) in [5.41, 5.74) is 0.477. The molecule has 0 amide bonds. The number of pyridine rings is 1. The molecular weight excluding hydrogens is 351 g/mol. The Balaban J connectivity index is 0.000000336. The van der Waals surface area contributed by atoms with E-state index in [1.807, 2.05) is 0 Å². The Morgan fingerprint density at radius 2 is 1.93 bits per heavy atom. The predicted molar refractivity (Wildman–Crippen MR) is 64.7 cm³/mol. The molecule has 0 bridgehead atoms. The van der Waals surface area contributed by atoms with Gasteiger partial charge in [-0.1, -0.05) is 0 Å². The van der Waals surface area contributed by atoms with Gasteiger partial charge in [-0.2, -0.15) is 0 Å². The number of halogens is 4. The summed E-state index contributed by atoms with van der Waals surface area (Å²) in [7, 11) is 18.4. The first-order valence-electron chi connectivity index (χ1n) is 3.44. The van der Waals surface area contributed by atoms with Crippen molar-refractivity contribution < 1.29 is 9.53 Å². The molecule has 0 aliphatic rings. The molecule has 1 aromatic rings. The fraction of sp³-hybridized carbons (Fsp3) is 0.143. The van der Waals surface area contributed by atoms with Gasteiger partial charge in [-0.15, -0.1) is 0 Å². The van der Waals surface area contributed by atoms with E-state index in [0.717, 1.165) is 0 Å². The molecule has 0 aromatic carbocycles. The molecule has 1 aromatic heterocycles. The van der Waals surface area contributed by atoms with Crippen LogP contribution >= 0.6 is 40.4 Å². The molecule has 0 saturated carbocycles. The van der Waals surface area contributed by atoms with E-state index in [1.54, 1.807) is 18.3 Å². The van der Waals surface area contributed by atoms with Crippen LogP contribution in [0.4, 0.5) is 0 Å². The van der Waals surface area contributed by atoms with Crippen LogP contribution in [0.5, 0.6) is 0 Å². The summed E-state index contributed by atoms with van der Waals surface area (Å²) in [4.78, 5) is 14.5. The quantitative estimate of drug-likeness (QED) is 0.572. The van der Waals surface area contributed by atoms with Crippen LogP contribution in [0.1, 0.15) is 10.4 Å². The number of nitrogens with zero attached hydrogens (tertiary/aromatic N) is 1. The number of carbonyl (C=O) groups excluding carboxylic acids is 1. The molecule has 0 aliphatic carbocycles. The van der Waals surface area contributed by atoms with Gasteiger partial charge in [0, 0.05) is 12.4 Å². The maximum atomic E-state index is 10.8. The van der Waals surface area contributed by atoms with Crippen LogP contribution in [-0.2, 0) is 4.74 Å². The summed E-state index contributed by atoms with van der Waals surface area (Å²) in [6.07, 6.45) is 3.07. The van der Waals surface area contributed by atoms with Gasteiger partial charge in [-0.05, 0) is 12.1 Å². The summed E-state index contributed by atoms with van der Waals surface area (Å²) < 4.78 is 4.46. The van der Waals surface area contributed by atoms with E-state index in [9.17, 15) is 4.79 Å². The SMILES string of the molecule is COC(=O)c1cccnc1.Cl[Se](Cl)(Cl)Cl. The molecule has 0 spiro atoms. The number of hydrogen-bond donors (Lipinski definition) is 0. The van der Waals surface area contributed by atoms with Gasteiger partial charge in [-0.3, -0.25) is 4.98 Å². The van der Waals surface area contributed by atoms with Gasteiger partial charge >= 0.3 is 55.6 Å². The predicted octanol–water partition coefficient (Wildman–Crippen LogP) is 3.25. The summed E-state index contributed by atoms with van der Waals surface area (Å²) >= 11 is 0. The van der Waals surface area contributed by atoms with Crippen molar-refractivity contribution in [1.29, 1.82) is 0 Å². The second-order valence-corrected chi connectivity index (χ2v) is 18.1. The molecule has 0 saturated heterocycles.